The number of amides is 2. The highest BCUT2D eigenvalue weighted by Crippen LogP contribution is 2.26. The number of hydrogen-bond donors (Lipinski definition) is 1. The SMILES string of the molecule is Cc1cc(NC(=O)C2CCN(C(=O)c3cc(-c4cccs4)on3)CC2)no1. The summed E-state index contributed by atoms with van der Waals surface area (Å²) >= 11 is 1.53. The Morgan fingerprint density at radius 1 is 1.22 bits per heavy atom. The molecule has 2 amide bonds. The normalized spacial score (nSPS) is 15.1. The molecular weight excluding hydrogens is 368 g/mol. The second-order valence-corrected chi connectivity index (χ2v) is 7.38. The molecular formula is C18H18N4O4S. The zero-order chi connectivity index (χ0) is 18.8. The number of aryl methyl sites for hydroxylation is 1. The van der Waals surface area contributed by atoms with Crippen LogP contribution in [0.25, 0.3) is 10.6 Å². The number of likely N-dealkylation sites (tertiary alicyclic amines) is 1. The monoisotopic (exact) mass is 386 g/mol. The first kappa shape index (κ1) is 17.5. The van der Waals surface area contributed by atoms with E-state index in [2.05, 4.69) is 15.6 Å². The molecule has 8 nitrogen and oxygen atoms in total. The fourth-order valence-electron chi connectivity index (χ4n) is 3.07. The summed E-state index contributed by atoms with van der Waals surface area (Å²) in [4.78, 5) is 27.6. The minimum absolute atomic E-state index is 0.100. The van der Waals surface area contributed by atoms with Crippen molar-refractivity contribution in [3.63, 3.8) is 0 Å². The summed E-state index contributed by atoms with van der Waals surface area (Å²) in [5.41, 5.74) is 0.291. The summed E-state index contributed by atoms with van der Waals surface area (Å²) in [6, 6.07) is 7.17. The van der Waals surface area contributed by atoms with Crippen LogP contribution < -0.4 is 5.32 Å². The van der Waals surface area contributed by atoms with Gasteiger partial charge in [0.2, 0.25) is 5.91 Å². The molecule has 1 saturated heterocycles. The topological polar surface area (TPSA) is 101 Å². The van der Waals surface area contributed by atoms with Gasteiger partial charge in [0.25, 0.3) is 5.91 Å². The average Bonchev–Trinajstić information content (AvgIpc) is 3.43. The van der Waals surface area contributed by atoms with E-state index >= 15 is 0 Å². The standard InChI is InChI=1S/C18H18N4O4S/c1-11-9-16(21-25-11)19-17(23)12-4-6-22(7-5-12)18(24)13-10-14(26-20-13)15-3-2-8-27-15/h2-3,8-10,12H,4-7H2,1H3,(H,19,21,23). The summed E-state index contributed by atoms with van der Waals surface area (Å²) in [5, 5.41) is 12.4. The minimum Gasteiger partial charge on any atom is -0.360 e. The highest BCUT2D eigenvalue weighted by molar-refractivity contribution is 7.13. The van der Waals surface area contributed by atoms with Gasteiger partial charge in [0.1, 0.15) is 5.76 Å². The number of nitrogens with zero attached hydrogens (tertiary/aromatic N) is 3. The predicted octanol–water partition coefficient (Wildman–Crippen LogP) is 3.19. The van der Waals surface area contributed by atoms with E-state index in [0.29, 0.717) is 49.0 Å². The summed E-state index contributed by atoms with van der Waals surface area (Å²) in [7, 11) is 0. The maximum atomic E-state index is 12.6. The fourth-order valence-corrected chi connectivity index (χ4v) is 3.74. The molecule has 3 aromatic rings. The summed E-state index contributed by atoms with van der Waals surface area (Å²) in [5.74, 6) is 1.21. The number of carbonyl (C=O) groups excluding carboxylic acids is 2. The molecule has 1 aliphatic rings. The van der Waals surface area contributed by atoms with Crippen molar-refractivity contribution in [2.75, 3.05) is 18.4 Å². The largest absolute Gasteiger partial charge is 0.360 e. The average molecular weight is 386 g/mol. The van der Waals surface area contributed by atoms with Crippen molar-refractivity contribution < 1.29 is 18.6 Å². The number of rotatable bonds is 4. The molecule has 4 rings (SSSR count). The number of nitrogens with one attached hydrogen (secondary N) is 1. The van der Waals surface area contributed by atoms with E-state index in [-0.39, 0.29) is 17.7 Å². The molecule has 9 heteroatoms. The molecule has 1 fully saturated rings. The number of anilines is 1. The first-order valence-electron chi connectivity index (χ1n) is 8.64. The highest BCUT2D eigenvalue weighted by Gasteiger charge is 2.29. The molecule has 0 aliphatic carbocycles. The lowest BCUT2D eigenvalue weighted by Gasteiger charge is -2.30. The third-order valence-corrected chi connectivity index (χ3v) is 5.41. The van der Waals surface area contributed by atoms with Gasteiger partial charge in [-0.25, -0.2) is 0 Å². The van der Waals surface area contributed by atoms with Crippen molar-refractivity contribution in [3.8, 4) is 10.6 Å². The van der Waals surface area contributed by atoms with Crippen LogP contribution in [0.1, 0.15) is 29.1 Å². The van der Waals surface area contributed by atoms with Crippen LogP contribution in [0.4, 0.5) is 5.82 Å². The summed E-state index contributed by atoms with van der Waals surface area (Å²) < 4.78 is 10.2. The van der Waals surface area contributed by atoms with Crippen LogP contribution in [0.15, 0.2) is 38.7 Å². The first-order valence-corrected chi connectivity index (χ1v) is 9.52. The van der Waals surface area contributed by atoms with Crippen LogP contribution in [0.3, 0.4) is 0 Å². The van der Waals surface area contributed by atoms with Gasteiger partial charge < -0.3 is 19.3 Å². The van der Waals surface area contributed by atoms with Gasteiger partial charge in [-0.15, -0.1) is 11.3 Å². The number of thiophene rings is 1. The second kappa shape index (κ2) is 7.36. The lowest BCUT2D eigenvalue weighted by atomic mass is 9.95. The van der Waals surface area contributed by atoms with Crippen LogP contribution in [0.2, 0.25) is 0 Å². The van der Waals surface area contributed by atoms with Crippen molar-refractivity contribution in [1.82, 2.24) is 15.2 Å². The number of aromatic nitrogens is 2. The number of carbonyl (C=O) groups is 2. The van der Waals surface area contributed by atoms with Gasteiger partial charge in [0.15, 0.2) is 17.3 Å². The maximum Gasteiger partial charge on any atom is 0.276 e. The Labute approximate surface area is 159 Å². The Morgan fingerprint density at radius 3 is 2.70 bits per heavy atom. The van der Waals surface area contributed by atoms with Gasteiger partial charge >= 0.3 is 0 Å². The Balaban J connectivity index is 1.33. The Kier molecular flexibility index (Phi) is 4.76. The minimum atomic E-state index is -0.174. The predicted molar refractivity (Wildman–Crippen MR) is 98.3 cm³/mol. The zero-order valence-electron chi connectivity index (χ0n) is 14.7. The number of hydrogen-bond acceptors (Lipinski definition) is 7. The van der Waals surface area contributed by atoms with E-state index in [0.717, 1.165) is 4.88 Å². The molecule has 27 heavy (non-hydrogen) atoms. The quantitative estimate of drug-likeness (QED) is 0.739. The Bertz CT molecular complexity index is 938. The molecule has 0 atom stereocenters. The molecule has 0 aromatic carbocycles. The third kappa shape index (κ3) is 3.77. The van der Waals surface area contributed by atoms with E-state index in [1.54, 1.807) is 24.0 Å². The first-order chi connectivity index (χ1) is 13.1. The van der Waals surface area contributed by atoms with E-state index in [9.17, 15) is 9.59 Å². The van der Waals surface area contributed by atoms with Crippen molar-refractivity contribution >= 4 is 29.0 Å². The lowest BCUT2D eigenvalue weighted by molar-refractivity contribution is -0.121. The van der Waals surface area contributed by atoms with E-state index < -0.39 is 0 Å². The third-order valence-electron chi connectivity index (χ3n) is 4.53. The van der Waals surface area contributed by atoms with Crippen LogP contribution >= 0.6 is 11.3 Å². The molecule has 4 heterocycles. The molecule has 0 bridgehead atoms. The molecule has 1 aliphatic heterocycles. The van der Waals surface area contributed by atoms with Gasteiger partial charge in [-0.3, -0.25) is 9.59 Å². The van der Waals surface area contributed by atoms with E-state index in [1.807, 2.05) is 17.5 Å². The molecule has 0 radical (unpaired) electrons. The van der Waals surface area contributed by atoms with Gasteiger partial charge in [-0.2, -0.15) is 0 Å². The van der Waals surface area contributed by atoms with Crippen LogP contribution in [-0.2, 0) is 4.79 Å². The molecule has 3 aromatic heterocycles. The van der Waals surface area contributed by atoms with E-state index in [4.69, 9.17) is 9.05 Å². The van der Waals surface area contributed by atoms with Gasteiger partial charge in [-0.05, 0) is 31.2 Å². The van der Waals surface area contributed by atoms with Crippen molar-refractivity contribution in [2.45, 2.75) is 19.8 Å². The van der Waals surface area contributed by atoms with Gasteiger partial charge in [0, 0.05) is 31.1 Å². The molecule has 0 saturated carbocycles. The van der Waals surface area contributed by atoms with Crippen molar-refractivity contribution in [3.05, 3.63) is 41.1 Å². The Morgan fingerprint density at radius 2 is 2.04 bits per heavy atom. The fraction of sp³-hybridized carbons (Fsp3) is 0.333. The molecule has 140 valence electrons. The highest BCUT2D eigenvalue weighted by atomic mass is 32.1. The van der Waals surface area contributed by atoms with Gasteiger partial charge in [-0.1, -0.05) is 16.4 Å². The van der Waals surface area contributed by atoms with Crippen molar-refractivity contribution in [1.29, 1.82) is 0 Å². The summed E-state index contributed by atoms with van der Waals surface area (Å²) in [6.07, 6.45) is 1.17. The van der Waals surface area contributed by atoms with Crippen molar-refractivity contribution in [2.24, 2.45) is 5.92 Å². The van der Waals surface area contributed by atoms with Crippen LogP contribution in [-0.4, -0.2) is 40.1 Å². The number of piperidine rings is 1. The van der Waals surface area contributed by atoms with Crippen LogP contribution in [0, 0.1) is 12.8 Å². The van der Waals surface area contributed by atoms with Gasteiger partial charge in [0.05, 0.1) is 4.88 Å². The maximum absolute atomic E-state index is 12.6. The zero-order valence-corrected chi connectivity index (χ0v) is 15.5. The molecule has 0 unspecified atom stereocenters. The van der Waals surface area contributed by atoms with E-state index in [1.165, 1.54) is 11.3 Å². The smallest absolute Gasteiger partial charge is 0.276 e. The summed E-state index contributed by atoms with van der Waals surface area (Å²) in [6.45, 7) is 2.76. The molecule has 1 N–H and O–H groups in total. The van der Waals surface area contributed by atoms with Crippen LogP contribution in [0.5, 0.6) is 0 Å². The second-order valence-electron chi connectivity index (χ2n) is 6.43. The Hall–Kier alpha value is -2.94. The lowest BCUT2D eigenvalue weighted by Crippen LogP contribution is -2.41. The molecule has 0 spiro atoms.